The molecule has 1 N–H and O–H groups in total. The SMILES string of the molecule is CNCc1cc(C)ccc1Oc1cccc([N+](=O)[O-])c1. The van der Waals surface area contributed by atoms with Crippen LogP contribution in [0.4, 0.5) is 5.69 Å². The van der Waals surface area contributed by atoms with Crippen LogP contribution in [0.2, 0.25) is 0 Å². The first-order chi connectivity index (χ1) is 9.60. The third-order valence-electron chi connectivity index (χ3n) is 2.84. The van der Waals surface area contributed by atoms with E-state index in [0.717, 1.165) is 11.1 Å². The molecule has 104 valence electrons. The maximum Gasteiger partial charge on any atom is 0.273 e. The van der Waals surface area contributed by atoms with E-state index in [2.05, 4.69) is 5.32 Å². The minimum atomic E-state index is -0.434. The summed E-state index contributed by atoms with van der Waals surface area (Å²) in [6.45, 7) is 2.68. The number of nitrogens with zero attached hydrogens (tertiary/aromatic N) is 1. The highest BCUT2D eigenvalue weighted by Gasteiger charge is 2.09. The van der Waals surface area contributed by atoms with Gasteiger partial charge in [0.05, 0.1) is 11.0 Å². The third kappa shape index (κ3) is 3.33. The van der Waals surface area contributed by atoms with Crippen LogP contribution in [0.1, 0.15) is 11.1 Å². The van der Waals surface area contributed by atoms with Crippen molar-refractivity contribution >= 4 is 5.69 Å². The summed E-state index contributed by atoms with van der Waals surface area (Å²) in [5.41, 5.74) is 2.17. The number of nitro groups is 1. The van der Waals surface area contributed by atoms with Crippen LogP contribution in [-0.2, 0) is 6.54 Å². The molecule has 0 amide bonds. The normalized spacial score (nSPS) is 10.3. The molecule has 0 aliphatic rings. The first kappa shape index (κ1) is 14.0. The average molecular weight is 272 g/mol. The molecule has 0 aliphatic carbocycles. The minimum Gasteiger partial charge on any atom is -0.457 e. The molecule has 2 aromatic rings. The van der Waals surface area contributed by atoms with Gasteiger partial charge in [0.2, 0.25) is 0 Å². The Morgan fingerprint density at radius 3 is 2.75 bits per heavy atom. The summed E-state index contributed by atoms with van der Waals surface area (Å²) >= 11 is 0. The Morgan fingerprint density at radius 1 is 1.25 bits per heavy atom. The first-order valence-corrected chi connectivity index (χ1v) is 6.26. The Bertz CT molecular complexity index is 626. The van der Waals surface area contributed by atoms with E-state index in [1.165, 1.54) is 12.1 Å². The van der Waals surface area contributed by atoms with E-state index in [-0.39, 0.29) is 5.69 Å². The van der Waals surface area contributed by atoms with E-state index >= 15 is 0 Å². The summed E-state index contributed by atoms with van der Waals surface area (Å²) in [5, 5.41) is 13.8. The van der Waals surface area contributed by atoms with Crippen molar-refractivity contribution in [2.45, 2.75) is 13.5 Å². The van der Waals surface area contributed by atoms with Crippen molar-refractivity contribution in [1.82, 2.24) is 5.32 Å². The summed E-state index contributed by atoms with van der Waals surface area (Å²) in [7, 11) is 1.86. The van der Waals surface area contributed by atoms with E-state index < -0.39 is 4.92 Å². The lowest BCUT2D eigenvalue weighted by Crippen LogP contribution is -2.06. The van der Waals surface area contributed by atoms with Crippen LogP contribution < -0.4 is 10.1 Å². The van der Waals surface area contributed by atoms with Crippen molar-refractivity contribution in [2.24, 2.45) is 0 Å². The smallest absolute Gasteiger partial charge is 0.273 e. The predicted octanol–water partition coefficient (Wildman–Crippen LogP) is 3.41. The number of hydrogen-bond donors (Lipinski definition) is 1. The molecular formula is C15H16N2O3. The van der Waals surface area contributed by atoms with Gasteiger partial charge in [-0.15, -0.1) is 0 Å². The summed E-state index contributed by atoms with van der Waals surface area (Å²) in [6, 6.07) is 12.0. The molecule has 0 heterocycles. The highest BCUT2D eigenvalue weighted by molar-refractivity contribution is 5.43. The Balaban J connectivity index is 2.29. The van der Waals surface area contributed by atoms with Gasteiger partial charge >= 0.3 is 0 Å². The van der Waals surface area contributed by atoms with E-state index in [4.69, 9.17) is 4.74 Å². The fourth-order valence-corrected chi connectivity index (χ4v) is 1.92. The van der Waals surface area contributed by atoms with Crippen molar-refractivity contribution in [2.75, 3.05) is 7.05 Å². The van der Waals surface area contributed by atoms with E-state index in [1.807, 2.05) is 32.2 Å². The lowest BCUT2D eigenvalue weighted by Gasteiger charge is -2.11. The highest BCUT2D eigenvalue weighted by Crippen LogP contribution is 2.28. The molecule has 0 radical (unpaired) electrons. The largest absolute Gasteiger partial charge is 0.457 e. The van der Waals surface area contributed by atoms with Gasteiger partial charge in [-0.3, -0.25) is 10.1 Å². The van der Waals surface area contributed by atoms with Gasteiger partial charge in [0.1, 0.15) is 11.5 Å². The molecule has 0 aromatic heterocycles. The Kier molecular flexibility index (Phi) is 4.32. The number of ether oxygens (including phenoxy) is 1. The van der Waals surface area contributed by atoms with Crippen LogP contribution in [0.3, 0.4) is 0 Å². The van der Waals surface area contributed by atoms with Crippen molar-refractivity contribution in [3.63, 3.8) is 0 Å². The molecule has 5 heteroatoms. The monoisotopic (exact) mass is 272 g/mol. The maximum atomic E-state index is 10.8. The lowest BCUT2D eigenvalue weighted by molar-refractivity contribution is -0.384. The standard InChI is InChI=1S/C15H16N2O3/c1-11-6-7-15(12(8-11)10-16-2)20-14-5-3-4-13(9-14)17(18)19/h3-9,16H,10H2,1-2H3. The first-order valence-electron chi connectivity index (χ1n) is 6.26. The summed E-state index contributed by atoms with van der Waals surface area (Å²) < 4.78 is 5.76. The lowest BCUT2D eigenvalue weighted by atomic mass is 10.1. The number of non-ortho nitro benzene ring substituents is 1. The minimum absolute atomic E-state index is 0.0183. The van der Waals surface area contributed by atoms with Gasteiger partial charge in [-0.1, -0.05) is 23.8 Å². The van der Waals surface area contributed by atoms with Crippen LogP contribution >= 0.6 is 0 Å². The van der Waals surface area contributed by atoms with Crippen LogP contribution in [0.25, 0.3) is 0 Å². The maximum absolute atomic E-state index is 10.8. The number of hydrogen-bond acceptors (Lipinski definition) is 4. The zero-order chi connectivity index (χ0) is 14.5. The average Bonchev–Trinajstić information content (AvgIpc) is 2.42. The molecule has 0 fully saturated rings. The number of aryl methyl sites for hydroxylation is 1. The van der Waals surface area contributed by atoms with Gasteiger partial charge in [-0.05, 0) is 26.1 Å². The second kappa shape index (κ2) is 6.16. The van der Waals surface area contributed by atoms with Gasteiger partial charge < -0.3 is 10.1 Å². The zero-order valence-electron chi connectivity index (χ0n) is 11.4. The molecule has 0 bridgehead atoms. The van der Waals surface area contributed by atoms with Crippen molar-refractivity contribution in [1.29, 1.82) is 0 Å². The molecule has 0 spiro atoms. The quantitative estimate of drug-likeness (QED) is 0.669. The fourth-order valence-electron chi connectivity index (χ4n) is 1.92. The van der Waals surface area contributed by atoms with E-state index in [9.17, 15) is 10.1 Å². The molecule has 0 saturated carbocycles. The number of nitro benzene ring substituents is 1. The second-order valence-corrected chi connectivity index (χ2v) is 4.50. The molecule has 0 unspecified atom stereocenters. The molecule has 2 aromatic carbocycles. The Morgan fingerprint density at radius 2 is 2.05 bits per heavy atom. The summed E-state index contributed by atoms with van der Waals surface area (Å²) in [6.07, 6.45) is 0. The zero-order valence-corrected chi connectivity index (χ0v) is 11.4. The van der Waals surface area contributed by atoms with Crippen LogP contribution in [0.15, 0.2) is 42.5 Å². The van der Waals surface area contributed by atoms with E-state index in [1.54, 1.807) is 12.1 Å². The molecular weight excluding hydrogens is 256 g/mol. The van der Waals surface area contributed by atoms with Crippen molar-refractivity contribution < 1.29 is 9.66 Å². The molecule has 20 heavy (non-hydrogen) atoms. The molecule has 0 atom stereocenters. The van der Waals surface area contributed by atoms with Crippen molar-refractivity contribution in [3.05, 3.63) is 63.7 Å². The number of rotatable bonds is 5. The molecule has 0 aliphatic heterocycles. The number of nitrogens with one attached hydrogen (secondary N) is 1. The van der Waals surface area contributed by atoms with Gasteiger partial charge in [0.25, 0.3) is 5.69 Å². The summed E-state index contributed by atoms with van der Waals surface area (Å²) in [5.74, 6) is 1.16. The van der Waals surface area contributed by atoms with Gasteiger partial charge in [-0.25, -0.2) is 0 Å². The fraction of sp³-hybridized carbons (Fsp3) is 0.200. The second-order valence-electron chi connectivity index (χ2n) is 4.50. The highest BCUT2D eigenvalue weighted by atomic mass is 16.6. The van der Waals surface area contributed by atoms with Gasteiger partial charge in [-0.2, -0.15) is 0 Å². The Labute approximate surface area is 117 Å². The van der Waals surface area contributed by atoms with E-state index in [0.29, 0.717) is 18.0 Å². The van der Waals surface area contributed by atoms with Crippen molar-refractivity contribution in [3.8, 4) is 11.5 Å². The predicted molar refractivity (Wildman–Crippen MR) is 77.1 cm³/mol. The Hall–Kier alpha value is -2.40. The third-order valence-corrected chi connectivity index (χ3v) is 2.84. The molecule has 0 saturated heterocycles. The van der Waals surface area contributed by atoms with Crippen LogP contribution in [0.5, 0.6) is 11.5 Å². The topological polar surface area (TPSA) is 64.4 Å². The van der Waals surface area contributed by atoms with Crippen LogP contribution in [0, 0.1) is 17.0 Å². The van der Waals surface area contributed by atoms with Gasteiger partial charge in [0, 0.05) is 18.2 Å². The molecule has 2 rings (SSSR count). The number of benzene rings is 2. The summed E-state index contributed by atoms with van der Waals surface area (Å²) in [4.78, 5) is 10.3. The van der Waals surface area contributed by atoms with Gasteiger partial charge in [0.15, 0.2) is 0 Å². The molecule has 5 nitrogen and oxygen atoms in total. The van der Waals surface area contributed by atoms with Crippen LogP contribution in [-0.4, -0.2) is 12.0 Å².